The number of piperidine rings is 1. The Morgan fingerprint density at radius 2 is 1.91 bits per heavy atom. The monoisotopic (exact) mass is 304 g/mol. The predicted octanol–water partition coefficient (Wildman–Crippen LogP) is 2.69. The van der Waals surface area contributed by atoms with Gasteiger partial charge in [-0.2, -0.15) is 0 Å². The molecule has 1 unspecified atom stereocenters. The molecular weight excluding hydrogens is 280 g/mol. The van der Waals surface area contributed by atoms with E-state index in [1.807, 2.05) is 18.2 Å². The lowest BCUT2D eigenvalue weighted by atomic mass is 9.97. The summed E-state index contributed by atoms with van der Waals surface area (Å²) < 4.78 is 0. The predicted molar refractivity (Wildman–Crippen MR) is 84.8 cm³/mol. The highest BCUT2D eigenvalue weighted by Crippen LogP contribution is 2.19. The van der Waals surface area contributed by atoms with E-state index in [-0.39, 0.29) is 11.9 Å². The Bertz CT molecular complexity index is 496. The number of nitrogens with zero attached hydrogens (tertiary/aromatic N) is 1. The highest BCUT2D eigenvalue weighted by Gasteiger charge is 2.26. The fourth-order valence-electron chi connectivity index (χ4n) is 2.79. The number of carbonyl (C=O) groups is 2. The Morgan fingerprint density at radius 3 is 2.50 bits per heavy atom. The molecule has 1 aliphatic rings. The van der Waals surface area contributed by atoms with Gasteiger partial charge in [-0.1, -0.05) is 37.3 Å². The van der Waals surface area contributed by atoms with Gasteiger partial charge in [-0.3, -0.25) is 4.79 Å². The van der Waals surface area contributed by atoms with Gasteiger partial charge in [0.1, 0.15) is 0 Å². The minimum Gasteiger partial charge on any atom is -0.481 e. The van der Waals surface area contributed by atoms with Gasteiger partial charge in [0.05, 0.1) is 5.92 Å². The number of rotatable bonds is 5. The quantitative estimate of drug-likeness (QED) is 0.878. The Kier molecular flexibility index (Phi) is 5.81. The Labute approximate surface area is 131 Å². The standard InChI is InChI=1S/C17H24N2O3/c1-13(14-5-3-2-4-6-14)7-10-18-17(22)19-11-8-15(9-12-19)16(20)21/h2-6,13,15H,7-12H2,1H3,(H,18,22)(H,20,21). The highest BCUT2D eigenvalue weighted by molar-refractivity contribution is 5.75. The molecule has 22 heavy (non-hydrogen) atoms. The second kappa shape index (κ2) is 7.82. The number of hydrogen-bond donors (Lipinski definition) is 2. The number of hydrogen-bond acceptors (Lipinski definition) is 2. The van der Waals surface area contributed by atoms with Crippen LogP contribution < -0.4 is 5.32 Å². The van der Waals surface area contributed by atoms with E-state index in [1.165, 1.54) is 5.56 Å². The van der Waals surface area contributed by atoms with E-state index in [9.17, 15) is 9.59 Å². The first-order valence-electron chi connectivity index (χ1n) is 7.88. The van der Waals surface area contributed by atoms with Crippen molar-refractivity contribution in [2.24, 2.45) is 5.92 Å². The fraction of sp³-hybridized carbons (Fsp3) is 0.529. The molecule has 1 aliphatic heterocycles. The van der Waals surface area contributed by atoms with Crippen molar-refractivity contribution in [1.82, 2.24) is 10.2 Å². The maximum absolute atomic E-state index is 12.1. The first-order chi connectivity index (χ1) is 10.6. The lowest BCUT2D eigenvalue weighted by Gasteiger charge is -2.30. The molecule has 2 rings (SSSR count). The van der Waals surface area contributed by atoms with Crippen LogP contribution in [0.25, 0.3) is 0 Å². The molecular formula is C17H24N2O3. The minimum atomic E-state index is -0.753. The Morgan fingerprint density at radius 1 is 1.27 bits per heavy atom. The number of carboxylic acid groups (broad SMARTS) is 1. The summed E-state index contributed by atoms with van der Waals surface area (Å²) in [7, 11) is 0. The maximum Gasteiger partial charge on any atom is 0.317 e. The second-order valence-corrected chi connectivity index (χ2v) is 5.93. The van der Waals surface area contributed by atoms with Gasteiger partial charge in [-0.05, 0) is 30.7 Å². The number of benzene rings is 1. The molecule has 1 aromatic rings. The highest BCUT2D eigenvalue weighted by atomic mass is 16.4. The molecule has 0 aromatic heterocycles. The van der Waals surface area contributed by atoms with Crippen LogP contribution in [0.15, 0.2) is 30.3 Å². The van der Waals surface area contributed by atoms with Crippen molar-refractivity contribution in [2.75, 3.05) is 19.6 Å². The Balaban J connectivity index is 1.69. The SMILES string of the molecule is CC(CCNC(=O)N1CCC(C(=O)O)CC1)c1ccccc1. The van der Waals surface area contributed by atoms with Gasteiger partial charge < -0.3 is 15.3 Å². The van der Waals surface area contributed by atoms with Crippen molar-refractivity contribution < 1.29 is 14.7 Å². The third-order valence-corrected chi connectivity index (χ3v) is 4.35. The lowest BCUT2D eigenvalue weighted by molar-refractivity contribution is -0.143. The zero-order valence-electron chi connectivity index (χ0n) is 13.0. The molecule has 1 saturated heterocycles. The van der Waals surface area contributed by atoms with Crippen LogP contribution in [0.5, 0.6) is 0 Å². The van der Waals surface area contributed by atoms with Gasteiger partial charge in [0.2, 0.25) is 0 Å². The Hall–Kier alpha value is -2.04. The smallest absolute Gasteiger partial charge is 0.317 e. The molecule has 1 heterocycles. The average Bonchev–Trinajstić information content (AvgIpc) is 2.55. The average molecular weight is 304 g/mol. The number of nitrogens with one attached hydrogen (secondary N) is 1. The molecule has 0 radical (unpaired) electrons. The third kappa shape index (κ3) is 4.48. The van der Waals surface area contributed by atoms with Crippen LogP contribution in [0.4, 0.5) is 4.79 Å². The zero-order chi connectivity index (χ0) is 15.9. The van der Waals surface area contributed by atoms with Gasteiger partial charge in [-0.15, -0.1) is 0 Å². The molecule has 1 aromatic carbocycles. The zero-order valence-corrected chi connectivity index (χ0v) is 13.0. The molecule has 120 valence electrons. The molecule has 0 saturated carbocycles. The topological polar surface area (TPSA) is 69.6 Å². The van der Waals surface area contributed by atoms with E-state index in [0.717, 1.165) is 6.42 Å². The molecule has 2 amide bonds. The largest absolute Gasteiger partial charge is 0.481 e. The van der Waals surface area contributed by atoms with E-state index in [2.05, 4.69) is 24.4 Å². The van der Waals surface area contributed by atoms with Gasteiger partial charge in [-0.25, -0.2) is 4.79 Å². The number of amides is 2. The molecule has 1 atom stereocenters. The first-order valence-corrected chi connectivity index (χ1v) is 7.88. The summed E-state index contributed by atoms with van der Waals surface area (Å²) in [6.07, 6.45) is 1.98. The van der Waals surface area contributed by atoms with E-state index in [0.29, 0.717) is 38.4 Å². The van der Waals surface area contributed by atoms with Crippen LogP contribution in [-0.2, 0) is 4.79 Å². The number of likely N-dealkylation sites (tertiary alicyclic amines) is 1. The van der Waals surface area contributed by atoms with E-state index in [1.54, 1.807) is 4.90 Å². The van der Waals surface area contributed by atoms with Crippen LogP contribution >= 0.6 is 0 Å². The van der Waals surface area contributed by atoms with Gasteiger partial charge in [0.25, 0.3) is 0 Å². The summed E-state index contributed by atoms with van der Waals surface area (Å²) in [6, 6.07) is 10.2. The van der Waals surface area contributed by atoms with Crippen LogP contribution in [0.1, 0.15) is 37.7 Å². The molecule has 0 aliphatic carbocycles. The number of carbonyl (C=O) groups excluding carboxylic acids is 1. The van der Waals surface area contributed by atoms with Crippen molar-refractivity contribution in [3.05, 3.63) is 35.9 Å². The normalized spacial score (nSPS) is 17.0. The van der Waals surface area contributed by atoms with Crippen molar-refractivity contribution in [2.45, 2.75) is 32.1 Å². The van der Waals surface area contributed by atoms with E-state index < -0.39 is 5.97 Å². The first kappa shape index (κ1) is 16.3. The summed E-state index contributed by atoms with van der Waals surface area (Å²) in [5.41, 5.74) is 1.28. The number of aliphatic carboxylic acids is 1. The molecule has 5 heteroatoms. The third-order valence-electron chi connectivity index (χ3n) is 4.35. The van der Waals surface area contributed by atoms with Gasteiger partial charge in [0.15, 0.2) is 0 Å². The lowest BCUT2D eigenvalue weighted by Crippen LogP contribution is -2.45. The van der Waals surface area contributed by atoms with Crippen molar-refractivity contribution in [3.8, 4) is 0 Å². The van der Waals surface area contributed by atoms with Gasteiger partial charge >= 0.3 is 12.0 Å². The summed E-state index contributed by atoms with van der Waals surface area (Å²) >= 11 is 0. The van der Waals surface area contributed by atoms with Crippen LogP contribution in [0.2, 0.25) is 0 Å². The van der Waals surface area contributed by atoms with Crippen molar-refractivity contribution in [3.63, 3.8) is 0 Å². The molecule has 0 spiro atoms. The summed E-state index contributed by atoms with van der Waals surface area (Å²) in [5, 5.41) is 11.9. The van der Waals surface area contributed by atoms with Crippen LogP contribution in [0, 0.1) is 5.92 Å². The van der Waals surface area contributed by atoms with E-state index in [4.69, 9.17) is 5.11 Å². The van der Waals surface area contributed by atoms with Gasteiger partial charge in [0, 0.05) is 19.6 Å². The summed E-state index contributed by atoms with van der Waals surface area (Å²) in [6.45, 7) is 3.83. The van der Waals surface area contributed by atoms with Crippen LogP contribution in [-0.4, -0.2) is 41.6 Å². The maximum atomic E-state index is 12.1. The van der Waals surface area contributed by atoms with Crippen LogP contribution in [0.3, 0.4) is 0 Å². The molecule has 2 N–H and O–H groups in total. The molecule has 5 nitrogen and oxygen atoms in total. The molecule has 1 fully saturated rings. The number of urea groups is 1. The summed E-state index contributed by atoms with van der Waals surface area (Å²) in [4.78, 5) is 24.7. The fourth-order valence-corrected chi connectivity index (χ4v) is 2.79. The minimum absolute atomic E-state index is 0.0795. The van der Waals surface area contributed by atoms with Crippen molar-refractivity contribution in [1.29, 1.82) is 0 Å². The van der Waals surface area contributed by atoms with Crippen molar-refractivity contribution >= 4 is 12.0 Å². The van der Waals surface area contributed by atoms with E-state index >= 15 is 0 Å². The summed E-state index contributed by atoms with van der Waals surface area (Å²) in [5.74, 6) is -0.654. The second-order valence-electron chi connectivity index (χ2n) is 5.93. The number of carboxylic acids is 1. The molecule has 0 bridgehead atoms.